The Morgan fingerprint density at radius 3 is 2.23 bits per heavy atom. The maximum absolute atomic E-state index is 12.2. The maximum Gasteiger partial charge on any atom is 0.360 e. The van der Waals surface area contributed by atoms with Gasteiger partial charge in [-0.25, -0.2) is 4.79 Å². The average Bonchev–Trinajstić information content (AvgIpc) is 2.59. The second-order valence-electron chi connectivity index (χ2n) is 6.10. The molecule has 1 aromatic rings. The Kier molecular flexibility index (Phi) is 8.20. The summed E-state index contributed by atoms with van der Waals surface area (Å²) in [7, 11) is 1.54. The molecule has 1 rings (SSSR count). The van der Waals surface area contributed by atoms with Crippen LogP contribution in [-0.4, -0.2) is 42.2 Å². The molecular weight excluding hydrogens is 340 g/mol. The van der Waals surface area contributed by atoms with Crippen LogP contribution < -0.4 is 15.4 Å². The topological polar surface area (TPSA) is 129 Å². The number of urea groups is 1. The highest BCUT2D eigenvalue weighted by atomic mass is 16.5. The Balaban J connectivity index is 2.73. The van der Waals surface area contributed by atoms with Crippen molar-refractivity contribution >= 4 is 23.6 Å². The third kappa shape index (κ3) is 7.29. The largest absolute Gasteiger partial charge is 0.497 e. The predicted molar refractivity (Wildman–Crippen MR) is 94.5 cm³/mol. The summed E-state index contributed by atoms with van der Waals surface area (Å²) in [6, 6.07) is 3.85. The van der Waals surface area contributed by atoms with Gasteiger partial charge < -0.3 is 20.5 Å². The van der Waals surface area contributed by atoms with Gasteiger partial charge in [-0.2, -0.15) is 0 Å². The Bertz CT molecular complexity index is 658. The molecule has 0 aliphatic heterocycles. The van der Waals surface area contributed by atoms with Crippen LogP contribution in [0.2, 0.25) is 0 Å². The van der Waals surface area contributed by atoms with Gasteiger partial charge in [0, 0.05) is 0 Å². The van der Waals surface area contributed by atoms with Gasteiger partial charge in [-0.3, -0.25) is 9.59 Å². The van der Waals surface area contributed by atoms with Crippen molar-refractivity contribution in [1.82, 2.24) is 10.6 Å². The van der Waals surface area contributed by atoms with E-state index in [4.69, 9.17) is 9.84 Å². The summed E-state index contributed by atoms with van der Waals surface area (Å²) >= 11 is 0. The highest BCUT2D eigenvalue weighted by Gasteiger charge is 2.24. The quantitative estimate of drug-likeness (QED) is 0.610. The van der Waals surface area contributed by atoms with Gasteiger partial charge in [0.2, 0.25) is 5.91 Å². The van der Waals surface area contributed by atoms with E-state index in [1.54, 1.807) is 24.3 Å². The summed E-state index contributed by atoms with van der Waals surface area (Å²) in [5.41, 5.74) is 0.449. The first-order valence-electron chi connectivity index (χ1n) is 8.12. The molecule has 0 unspecified atom stereocenters. The van der Waals surface area contributed by atoms with Gasteiger partial charge in [-0.05, 0) is 43.5 Å². The van der Waals surface area contributed by atoms with E-state index in [0.29, 0.717) is 17.9 Å². The zero-order chi connectivity index (χ0) is 19.7. The number of aliphatic carboxylic acids is 1. The van der Waals surface area contributed by atoms with Crippen LogP contribution in [0.5, 0.6) is 5.75 Å². The van der Waals surface area contributed by atoms with Gasteiger partial charge in [0.15, 0.2) is 0 Å². The number of carbonyl (C=O) groups excluding carboxylic acids is 2. The second kappa shape index (κ2) is 10.1. The molecule has 142 valence electrons. The standard InChI is InChI=1S/C17H24N4O5/c1-10(2)9-14(15(22)18-11(3)16(23)24)19-17(25)21-20-12-5-7-13(26-4)8-6-12/h5-8,10-11,14H,9H2,1-4H3,(H,18,22)(H,19,25)(H,23,24)/t11-,14+/m0/s1. The number of nitrogens with zero attached hydrogens (tertiary/aromatic N) is 2. The van der Waals surface area contributed by atoms with Crippen molar-refractivity contribution in [3.63, 3.8) is 0 Å². The minimum atomic E-state index is -1.16. The van der Waals surface area contributed by atoms with Crippen LogP contribution in [-0.2, 0) is 9.59 Å². The number of nitrogens with one attached hydrogen (secondary N) is 2. The van der Waals surface area contributed by atoms with Gasteiger partial charge in [0.05, 0.1) is 12.8 Å². The van der Waals surface area contributed by atoms with E-state index in [2.05, 4.69) is 20.9 Å². The number of ether oxygens (including phenoxy) is 1. The van der Waals surface area contributed by atoms with E-state index in [0.717, 1.165) is 0 Å². The molecule has 9 nitrogen and oxygen atoms in total. The van der Waals surface area contributed by atoms with E-state index >= 15 is 0 Å². The Labute approximate surface area is 151 Å². The van der Waals surface area contributed by atoms with Gasteiger partial charge in [-0.1, -0.05) is 19.0 Å². The van der Waals surface area contributed by atoms with Crippen molar-refractivity contribution in [2.24, 2.45) is 16.1 Å². The lowest BCUT2D eigenvalue weighted by atomic mass is 10.0. The van der Waals surface area contributed by atoms with Crippen molar-refractivity contribution in [1.29, 1.82) is 0 Å². The molecule has 1 aromatic carbocycles. The molecule has 0 aromatic heterocycles. The molecule has 3 amide bonds. The summed E-state index contributed by atoms with van der Waals surface area (Å²) < 4.78 is 5.02. The van der Waals surface area contributed by atoms with Crippen LogP contribution in [0.15, 0.2) is 34.5 Å². The maximum atomic E-state index is 12.2. The normalized spacial score (nSPS) is 13.3. The van der Waals surface area contributed by atoms with Crippen molar-refractivity contribution in [2.45, 2.75) is 39.3 Å². The van der Waals surface area contributed by atoms with E-state index in [1.165, 1.54) is 14.0 Å². The number of amides is 3. The van der Waals surface area contributed by atoms with Gasteiger partial charge in [-0.15, -0.1) is 5.11 Å². The minimum Gasteiger partial charge on any atom is -0.497 e. The molecule has 0 heterocycles. The zero-order valence-electron chi connectivity index (χ0n) is 15.2. The van der Waals surface area contributed by atoms with Crippen LogP contribution in [0.1, 0.15) is 27.2 Å². The number of methoxy groups -OCH3 is 1. The second-order valence-corrected chi connectivity index (χ2v) is 6.10. The average molecular weight is 364 g/mol. The van der Waals surface area contributed by atoms with Crippen LogP contribution in [0, 0.1) is 5.92 Å². The van der Waals surface area contributed by atoms with Crippen LogP contribution in [0.25, 0.3) is 0 Å². The molecule has 0 aliphatic carbocycles. The summed E-state index contributed by atoms with van der Waals surface area (Å²) in [4.78, 5) is 35.0. The van der Waals surface area contributed by atoms with Crippen molar-refractivity contribution in [3.8, 4) is 5.75 Å². The lowest BCUT2D eigenvalue weighted by Gasteiger charge is -2.20. The molecule has 3 N–H and O–H groups in total. The SMILES string of the molecule is COc1ccc(N=NC(=O)N[C@H](CC(C)C)C(=O)N[C@@H](C)C(=O)O)cc1. The lowest BCUT2D eigenvalue weighted by Crippen LogP contribution is -2.50. The molecule has 26 heavy (non-hydrogen) atoms. The van der Waals surface area contributed by atoms with Crippen LogP contribution >= 0.6 is 0 Å². The predicted octanol–water partition coefficient (Wildman–Crippen LogP) is 2.49. The Morgan fingerprint density at radius 1 is 1.12 bits per heavy atom. The van der Waals surface area contributed by atoms with E-state index in [9.17, 15) is 14.4 Å². The molecule has 0 saturated heterocycles. The molecule has 0 spiro atoms. The number of carbonyl (C=O) groups is 3. The number of benzene rings is 1. The zero-order valence-corrected chi connectivity index (χ0v) is 15.2. The number of azo groups is 1. The number of rotatable bonds is 8. The Morgan fingerprint density at radius 2 is 1.73 bits per heavy atom. The highest BCUT2D eigenvalue weighted by molar-refractivity contribution is 5.90. The summed E-state index contributed by atoms with van der Waals surface area (Å²) in [5.74, 6) is -0.993. The summed E-state index contributed by atoms with van der Waals surface area (Å²) in [6.45, 7) is 5.11. The summed E-state index contributed by atoms with van der Waals surface area (Å²) in [6.07, 6.45) is 0.335. The number of carboxylic acids is 1. The molecule has 0 fully saturated rings. The first-order valence-corrected chi connectivity index (χ1v) is 8.12. The first kappa shape index (κ1) is 21.1. The first-order chi connectivity index (χ1) is 12.2. The molecule has 0 aliphatic rings. The fourth-order valence-corrected chi connectivity index (χ4v) is 2.01. The molecule has 9 heteroatoms. The van der Waals surface area contributed by atoms with E-state index in [1.807, 2.05) is 13.8 Å². The fourth-order valence-electron chi connectivity index (χ4n) is 2.01. The van der Waals surface area contributed by atoms with E-state index < -0.39 is 30.0 Å². The molecule has 0 bridgehead atoms. The van der Waals surface area contributed by atoms with Crippen molar-refractivity contribution in [3.05, 3.63) is 24.3 Å². The molecular formula is C17H24N4O5. The smallest absolute Gasteiger partial charge is 0.360 e. The Hall–Kier alpha value is -2.97. The number of carboxylic acid groups (broad SMARTS) is 1. The third-order valence-corrected chi connectivity index (χ3v) is 3.38. The highest BCUT2D eigenvalue weighted by Crippen LogP contribution is 2.17. The van der Waals surface area contributed by atoms with Gasteiger partial charge >= 0.3 is 12.0 Å². The van der Waals surface area contributed by atoms with Crippen LogP contribution in [0.4, 0.5) is 10.5 Å². The van der Waals surface area contributed by atoms with Gasteiger partial charge in [0.1, 0.15) is 17.8 Å². The lowest BCUT2D eigenvalue weighted by molar-refractivity contribution is -0.141. The van der Waals surface area contributed by atoms with E-state index in [-0.39, 0.29) is 5.92 Å². The molecule has 0 radical (unpaired) electrons. The monoisotopic (exact) mass is 364 g/mol. The van der Waals surface area contributed by atoms with Crippen LogP contribution in [0.3, 0.4) is 0 Å². The van der Waals surface area contributed by atoms with Crippen molar-refractivity contribution < 1.29 is 24.2 Å². The third-order valence-electron chi connectivity index (χ3n) is 3.38. The molecule has 0 saturated carbocycles. The molecule has 2 atom stereocenters. The number of hydrogen-bond acceptors (Lipinski definition) is 5. The minimum absolute atomic E-state index is 0.102. The number of hydrogen-bond donors (Lipinski definition) is 3. The fraction of sp³-hybridized carbons (Fsp3) is 0.471. The summed E-state index contributed by atoms with van der Waals surface area (Å²) in [5, 5.41) is 21.0. The van der Waals surface area contributed by atoms with Gasteiger partial charge in [0.25, 0.3) is 0 Å². The van der Waals surface area contributed by atoms with Crippen molar-refractivity contribution in [2.75, 3.05) is 7.11 Å².